The molecular formula is C15H21ClO. The molecule has 17 heavy (non-hydrogen) atoms. The first-order valence-corrected chi connectivity index (χ1v) is 6.50. The van der Waals surface area contributed by atoms with Crippen molar-refractivity contribution in [3.63, 3.8) is 0 Å². The van der Waals surface area contributed by atoms with Crippen LogP contribution in [-0.4, -0.2) is 5.78 Å². The highest BCUT2D eigenvalue weighted by atomic mass is 35.5. The number of ketones is 1. The molecule has 0 saturated heterocycles. The molecule has 0 aliphatic rings. The highest BCUT2D eigenvalue weighted by molar-refractivity contribution is 6.31. The number of carbonyl (C=O) groups is 1. The van der Waals surface area contributed by atoms with Crippen molar-refractivity contribution < 1.29 is 4.79 Å². The van der Waals surface area contributed by atoms with Crippen molar-refractivity contribution in [3.8, 4) is 0 Å². The summed E-state index contributed by atoms with van der Waals surface area (Å²) >= 11 is 5.85. The summed E-state index contributed by atoms with van der Waals surface area (Å²) in [7, 11) is 0. The normalized spacial score (nSPS) is 9.94. The Morgan fingerprint density at radius 3 is 2.53 bits per heavy atom. The Bertz CT molecular complexity index is 381. The van der Waals surface area contributed by atoms with E-state index in [0.29, 0.717) is 10.6 Å². The van der Waals surface area contributed by atoms with Gasteiger partial charge in [-0.3, -0.25) is 4.79 Å². The van der Waals surface area contributed by atoms with E-state index in [1.165, 1.54) is 0 Å². The third-order valence-electron chi connectivity index (χ3n) is 2.15. The lowest BCUT2D eigenvalue weighted by Gasteiger charge is -2.02. The monoisotopic (exact) mass is 252 g/mol. The second-order valence-corrected chi connectivity index (χ2v) is 3.92. The van der Waals surface area contributed by atoms with E-state index in [4.69, 9.17) is 11.6 Å². The van der Waals surface area contributed by atoms with Crippen LogP contribution in [0.5, 0.6) is 0 Å². The number of Topliss-reactive ketones (excluding diaryl/α,β-unsaturated/α-hetero) is 1. The average molecular weight is 253 g/mol. The highest BCUT2D eigenvalue weighted by Gasteiger charge is 2.04. The first kappa shape index (κ1) is 15.9. The molecule has 94 valence electrons. The van der Waals surface area contributed by atoms with Crippen molar-refractivity contribution in [1.82, 2.24) is 0 Å². The topological polar surface area (TPSA) is 17.1 Å². The molecule has 1 nitrogen and oxygen atoms in total. The van der Waals surface area contributed by atoms with Crippen LogP contribution >= 0.6 is 11.6 Å². The molecule has 0 amide bonds. The molecule has 0 heterocycles. The molecule has 0 atom stereocenters. The third kappa shape index (κ3) is 5.69. The van der Waals surface area contributed by atoms with Gasteiger partial charge in [-0.1, -0.05) is 57.0 Å². The minimum atomic E-state index is 0.0497. The maximum absolute atomic E-state index is 11.4. The number of unbranched alkanes of at least 4 members (excludes halogenated alkanes) is 1. The standard InChI is InChI=1S/C13H15ClO.C2H6/c1-3-4-5-6-11-7-8-12(14)9-13(11)10(2)15;1-2/h5-9H,3-4H2,1-2H3;1-2H3/b6-5+;. The van der Waals surface area contributed by atoms with Crippen LogP contribution in [0.3, 0.4) is 0 Å². The second kappa shape index (κ2) is 9.00. The van der Waals surface area contributed by atoms with E-state index in [-0.39, 0.29) is 5.78 Å². The number of allylic oxidation sites excluding steroid dienone is 1. The fourth-order valence-corrected chi connectivity index (χ4v) is 1.53. The Kier molecular flexibility index (Phi) is 8.43. The van der Waals surface area contributed by atoms with Crippen molar-refractivity contribution in [2.75, 3.05) is 0 Å². The molecule has 0 spiro atoms. The van der Waals surface area contributed by atoms with Gasteiger partial charge in [-0.2, -0.15) is 0 Å². The molecular weight excluding hydrogens is 232 g/mol. The number of carbonyl (C=O) groups excluding carboxylic acids is 1. The summed E-state index contributed by atoms with van der Waals surface area (Å²) in [5, 5.41) is 0.604. The molecule has 0 unspecified atom stereocenters. The molecule has 0 radical (unpaired) electrons. The summed E-state index contributed by atoms with van der Waals surface area (Å²) in [6.07, 6.45) is 6.20. The molecule has 0 fully saturated rings. The Labute approximate surface area is 109 Å². The van der Waals surface area contributed by atoms with Gasteiger partial charge in [-0.05, 0) is 31.0 Å². The van der Waals surface area contributed by atoms with Gasteiger partial charge in [0.1, 0.15) is 0 Å². The molecule has 1 aromatic carbocycles. The molecule has 0 saturated carbocycles. The molecule has 0 aliphatic heterocycles. The summed E-state index contributed by atoms with van der Waals surface area (Å²) in [4.78, 5) is 11.4. The zero-order valence-electron chi connectivity index (χ0n) is 11.1. The predicted octanol–water partition coefficient (Wildman–Crippen LogP) is 5.38. The second-order valence-electron chi connectivity index (χ2n) is 3.48. The van der Waals surface area contributed by atoms with E-state index >= 15 is 0 Å². The summed E-state index contributed by atoms with van der Waals surface area (Å²) < 4.78 is 0. The number of rotatable bonds is 4. The SMILES string of the molecule is CC.CCC/C=C/c1ccc(Cl)cc1C(C)=O. The Morgan fingerprint density at radius 2 is 2.00 bits per heavy atom. The quantitative estimate of drug-likeness (QED) is 0.658. The lowest BCUT2D eigenvalue weighted by Crippen LogP contribution is -1.95. The van der Waals surface area contributed by atoms with Crippen molar-refractivity contribution in [3.05, 3.63) is 40.4 Å². The van der Waals surface area contributed by atoms with Crippen LogP contribution < -0.4 is 0 Å². The molecule has 0 N–H and O–H groups in total. The number of benzene rings is 1. The average Bonchev–Trinajstić information content (AvgIpc) is 2.33. The van der Waals surface area contributed by atoms with Gasteiger partial charge in [0.2, 0.25) is 0 Å². The third-order valence-corrected chi connectivity index (χ3v) is 2.38. The maximum atomic E-state index is 11.4. The van der Waals surface area contributed by atoms with Crippen molar-refractivity contribution in [2.24, 2.45) is 0 Å². The molecule has 1 aromatic rings. The van der Waals surface area contributed by atoms with Crippen LogP contribution in [0.25, 0.3) is 6.08 Å². The molecule has 2 heteroatoms. The zero-order chi connectivity index (χ0) is 13.3. The molecule has 0 aliphatic carbocycles. The van der Waals surface area contributed by atoms with E-state index in [1.54, 1.807) is 19.1 Å². The predicted molar refractivity (Wildman–Crippen MR) is 76.7 cm³/mol. The molecule has 0 bridgehead atoms. The van der Waals surface area contributed by atoms with Crippen molar-refractivity contribution >= 4 is 23.5 Å². The first-order valence-electron chi connectivity index (χ1n) is 6.12. The van der Waals surface area contributed by atoms with Gasteiger partial charge < -0.3 is 0 Å². The summed E-state index contributed by atoms with van der Waals surface area (Å²) in [5.41, 5.74) is 1.63. The van der Waals surface area contributed by atoms with Crippen LogP contribution in [0, 0.1) is 0 Å². The van der Waals surface area contributed by atoms with Gasteiger partial charge in [-0.15, -0.1) is 0 Å². The maximum Gasteiger partial charge on any atom is 0.160 e. The first-order chi connectivity index (χ1) is 8.15. The molecule has 0 aromatic heterocycles. The van der Waals surface area contributed by atoms with Crippen LogP contribution in [0.2, 0.25) is 5.02 Å². The fourth-order valence-electron chi connectivity index (χ4n) is 1.36. The Morgan fingerprint density at radius 1 is 1.35 bits per heavy atom. The zero-order valence-corrected chi connectivity index (χ0v) is 11.8. The van der Waals surface area contributed by atoms with E-state index in [9.17, 15) is 4.79 Å². The fraction of sp³-hybridized carbons (Fsp3) is 0.400. The summed E-state index contributed by atoms with van der Waals surface area (Å²) in [6, 6.07) is 5.40. The van der Waals surface area contributed by atoms with Gasteiger partial charge >= 0.3 is 0 Å². The number of hydrogen-bond donors (Lipinski definition) is 0. The van der Waals surface area contributed by atoms with Crippen LogP contribution in [0.4, 0.5) is 0 Å². The number of hydrogen-bond acceptors (Lipinski definition) is 1. The molecule has 1 rings (SSSR count). The van der Waals surface area contributed by atoms with Crippen LogP contribution in [0.1, 0.15) is 56.5 Å². The van der Waals surface area contributed by atoms with E-state index < -0.39 is 0 Å². The summed E-state index contributed by atoms with van der Waals surface area (Å²) in [5.74, 6) is 0.0497. The van der Waals surface area contributed by atoms with Gasteiger partial charge in [-0.25, -0.2) is 0 Å². The van der Waals surface area contributed by atoms with E-state index in [1.807, 2.05) is 26.0 Å². The minimum absolute atomic E-state index is 0.0497. The van der Waals surface area contributed by atoms with E-state index in [2.05, 4.69) is 13.0 Å². The number of halogens is 1. The lowest BCUT2D eigenvalue weighted by atomic mass is 10.0. The van der Waals surface area contributed by atoms with Gasteiger partial charge in [0.25, 0.3) is 0 Å². The van der Waals surface area contributed by atoms with Gasteiger partial charge in [0, 0.05) is 10.6 Å². The Hall–Kier alpha value is -1.08. The lowest BCUT2D eigenvalue weighted by molar-refractivity contribution is 0.101. The Balaban J connectivity index is 0.00000121. The van der Waals surface area contributed by atoms with Crippen LogP contribution in [-0.2, 0) is 0 Å². The minimum Gasteiger partial charge on any atom is -0.294 e. The van der Waals surface area contributed by atoms with Crippen molar-refractivity contribution in [2.45, 2.75) is 40.5 Å². The van der Waals surface area contributed by atoms with Crippen molar-refractivity contribution in [1.29, 1.82) is 0 Å². The van der Waals surface area contributed by atoms with E-state index in [0.717, 1.165) is 18.4 Å². The highest BCUT2D eigenvalue weighted by Crippen LogP contribution is 2.18. The van der Waals surface area contributed by atoms with Gasteiger partial charge in [0.05, 0.1) is 0 Å². The smallest absolute Gasteiger partial charge is 0.160 e. The van der Waals surface area contributed by atoms with Gasteiger partial charge in [0.15, 0.2) is 5.78 Å². The van der Waals surface area contributed by atoms with Crippen LogP contribution in [0.15, 0.2) is 24.3 Å². The largest absolute Gasteiger partial charge is 0.294 e. The summed E-state index contributed by atoms with van der Waals surface area (Å²) in [6.45, 7) is 7.68.